The number of benzene rings is 1. The molecule has 1 aliphatic heterocycles. The molecule has 0 saturated heterocycles. The van der Waals surface area contributed by atoms with E-state index in [2.05, 4.69) is 41.6 Å². The second kappa shape index (κ2) is 3.09. The lowest BCUT2D eigenvalue weighted by Crippen LogP contribution is -1.98. The summed E-state index contributed by atoms with van der Waals surface area (Å²) in [6, 6.07) is 6.52. The zero-order chi connectivity index (χ0) is 10.4. The van der Waals surface area contributed by atoms with Gasteiger partial charge in [-0.05, 0) is 37.3 Å². The van der Waals surface area contributed by atoms with Crippen molar-refractivity contribution >= 4 is 11.0 Å². The molecule has 0 saturated carbocycles. The fourth-order valence-corrected chi connectivity index (χ4v) is 2.71. The molecule has 2 aromatic rings. The lowest BCUT2D eigenvalue weighted by molar-refractivity contribution is 0.586. The van der Waals surface area contributed by atoms with Crippen LogP contribution in [-0.2, 0) is 6.54 Å². The van der Waals surface area contributed by atoms with Gasteiger partial charge in [-0.1, -0.05) is 19.1 Å². The summed E-state index contributed by atoms with van der Waals surface area (Å²) in [7, 11) is 0. The van der Waals surface area contributed by atoms with E-state index in [0.717, 1.165) is 12.4 Å². The summed E-state index contributed by atoms with van der Waals surface area (Å²) in [5.41, 5.74) is 4.02. The Labute approximate surface area is 89.9 Å². The van der Waals surface area contributed by atoms with Gasteiger partial charge < -0.3 is 4.57 Å². The van der Waals surface area contributed by atoms with Crippen LogP contribution in [-0.4, -0.2) is 9.55 Å². The Bertz CT molecular complexity index is 510. The molecule has 3 rings (SSSR count). The lowest BCUT2D eigenvalue weighted by Gasteiger charge is -2.08. The van der Waals surface area contributed by atoms with Gasteiger partial charge in [0.25, 0.3) is 0 Å². The first-order chi connectivity index (χ1) is 7.27. The third-order valence-corrected chi connectivity index (χ3v) is 3.54. The third kappa shape index (κ3) is 1.21. The Morgan fingerprint density at radius 2 is 2.27 bits per heavy atom. The van der Waals surface area contributed by atoms with Crippen molar-refractivity contribution in [2.24, 2.45) is 0 Å². The molecular formula is C13H16N2. The van der Waals surface area contributed by atoms with Crippen LogP contribution in [0.4, 0.5) is 0 Å². The highest BCUT2D eigenvalue weighted by atomic mass is 15.1. The van der Waals surface area contributed by atoms with Crippen LogP contribution in [0.2, 0.25) is 0 Å². The third-order valence-electron chi connectivity index (χ3n) is 3.54. The number of para-hydroxylation sites is 1. The van der Waals surface area contributed by atoms with Crippen molar-refractivity contribution in [1.29, 1.82) is 0 Å². The van der Waals surface area contributed by atoms with E-state index < -0.39 is 0 Å². The number of aromatic nitrogens is 2. The number of imidazole rings is 1. The van der Waals surface area contributed by atoms with Gasteiger partial charge in [-0.25, -0.2) is 4.98 Å². The fourth-order valence-electron chi connectivity index (χ4n) is 2.71. The SMILES string of the molecule is Cc1nc2cccc3c2n1CCCC3C. The molecule has 0 N–H and O–H groups in total. The Morgan fingerprint density at radius 3 is 3.13 bits per heavy atom. The summed E-state index contributed by atoms with van der Waals surface area (Å²) >= 11 is 0. The quantitative estimate of drug-likeness (QED) is 0.638. The van der Waals surface area contributed by atoms with Gasteiger partial charge in [0.15, 0.2) is 0 Å². The van der Waals surface area contributed by atoms with Crippen LogP contribution in [0.1, 0.15) is 37.1 Å². The molecule has 2 nitrogen and oxygen atoms in total. The zero-order valence-electron chi connectivity index (χ0n) is 9.33. The van der Waals surface area contributed by atoms with E-state index in [1.54, 1.807) is 0 Å². The summed E-state index contributed by atoms with van der Waals surface area (Å²) in [5.74, 6) is 1.83. The van der Waals surface area contributed by atoms with Gasteiger partial charge in [-0.15, -0.1) is 0 Å². The first kappa shape index (κ1) is 8.96. The van der Waals surface area contributed by atoms with E-state index in [1.165, 1.54) is 29.4 Å². The van der Waals surface area contributed by atoms with Gasteiger partial charge in [0, 0.05) is 6.54 Å². The summed E-state index contributed by atoms with van der Waals surface area (Å²) in [4.78, 5) is 4.62. The average molecular weight is 200 g/mol. The first-order valence-electron chi connectivity index (χ1n) is 5.73. The number of hydrogen-bond donors (Lipinski definition) is 0. The molecule has 0 fully saturated rings. The van der Waals surface area contributed by atoms with Gasteiger partial charge >= 0.3 is 0 Å². The predicted molar refractivity (Wildman–Crippen MR) is 62.1 cm³/mol. The number of rotatable bonds is 0. The van der Waals surface area contributed by atoms with E-state index >= 15 is 0 Å². The maximum absolute atomic E-state index is 4.62. The van der Waals surface area contributed by atoms with Crippen molar-refractivity contribution in [2.75, 3.05) is 0 Å². The summed E-state index contributed by atoms with van der Waals surface area (Å²) < 4.78 is 2.38. The van der Waals surface area contributed by atoms with Crippen molar-refractivity contribution in [3.05, 3.63) is 29.6 Å². The molecule has 0 amide bonds. The van der Waals surface area contributed by atoms with Gasteiger partial charge in [-0.2, -0.15) is 0 Å². The zero-order valence-corrected chi connectivity index (χ0v) is 9.33. The summed E-state index contributed by atoms with van der Waals surface area (Å²) in [5, 5.41) is 0. The highest BCUT2D eigenvalue weighted by Gasteiger charge is 2.18. The van der Waals surface area contributed by atoms with Crippen LogP contribution in [0.3, 0.4) is 0 Å². The minimum absolute atomic E-state index is 0.672. The fraction of sp³-hybridized carbons (Fsp3) is 0.462. The van der Waals surface area contributed by atoms with Gasteiger partial charge in [0.1, 0.15) is 5.82 Å². The highest BCUT2D eigenvalue weighted by molar-refractivity contribution is 5.80. The van der Waals surface area contributed by atoms with Crippen molar-refractivity contribution in [1.82, 2.24) is 9.55 Å². The van der Waals surface area contributed by atoms with Crippen molar-refractivity contribution < 1.29 is 0 Å². The normalized spacial score (nSPS) is 20.5. The monoisotopic (exact) mass is 200 g/mol. The van der Waals surface area contributed by atoms with Gasteiger partial charge in [0.05, 0.1) is 11.0 Å². The summed E-state index contributed by atoms with van der Waals surface area (Å²) in [6.45, 7) is 5.57. The minimum Gasteiger partial charge on any atom is -0.328 e. The molecule has 0 radical (unpaired) electrons. The number of aryl methyl sites for hydroxylation is 2. The first-order valence-corrected chi connectivity index (χ1v) is 5.73. The van der Waals surface area contributed by atoms with Crippen LogP contribution < -0.4 is 0 Å². The molecule has 1 aliphatic rings. The van der Waals surface area contributed by atoms with Crippen LogP contribution >= 0.6 is 0 Å². The van der Waals surface area contributed by atoms with Crippen molar-refractivity contribution in [2.45, 2.75) is 39.2 Å². The van der Waals surface area contributed by atoms with E-state index in [4.69, 9.17) is 0 Å². The maximum atomic E-state index is 4.62. The van der Waals surface area contributed by atoms with Crippen molar-refractivity contribution in [3.8, 4) is 0 Å². The summed E-state index contributed by atoms with van der Waals surface area (Å²) in [6.07, 6.45) is 2.56. The Kier molecular flexibility index (Phi) is 1.84. The highest BCUT2D eigenvalue weighted by Crippen LogP contribution is 2.32. The molecule has 0 aliphatic carbocycles. The smallest absolute Gasteiger partial charge is 0.106 e. The Hall–Kier alpha value is -1.31. The Morgan fingerprint density at radius 1 is 1.40 bits per heavy atom. The number of nitrogens with zero attached hydrogens (tertiary/aromatic N) is 2. The van der Waals surface area contributed by atoms with Crippen LogP contribution in [0.15, 0.2) is 18.2 Å². The van der Waals surface area contributed by atoms with Crippen LogP contribution in [0.5, 0.6) is 0 Å². The van der Waals surface area contributed by atoms with Gasteiger partial charge in [0.2, 0.25) is 0 Å². The molecule has 2 heterocycles. The number of hydrogen-bond acceptors (Lipinski definition) is 1. The molecule has 2 heteroatoms. The average Bonchev–Trinajstić information content (AvgIpc) is 2.43. The molecule has 1 aromatic heterocycles. The molecule has 1 atom stereocenters. The standard InChI is InChI=1S/C13H16N2/c1-9-5-4-8-15-10(2)14-12-7-3-6-11(9)13(12)15/h3,6-7,9H,4-5,8H2,1-2H3. The molecule has 1 aromatic carbocycles. The van der Waals surface area contributed by atoms with E-state index in [-0.39, 0.29) is 0 Å². The second-order valence-electron chi connectivity index (χ2n) is 4.57. The van der Waals surface area contributed by atoms with Crippen LogP contribution in [0.25, 0.3) is 11.0 Å². The topological polar surface area (TPSA) is 17.8 Å². The van der Waals surface area contributed by atoms with E-state index in [0.29, 0.717) is 5.92 Å². The Balaban J connectivity index is 2.41. The molecule has 78 valence electrons. The molecule has 0 spiro atoms. The van der Waals surface area contributed by atoms with E-state index in [9.17, 15) is 0 Å². The maximum Gasteiger partial charge on any atom is 0.106 e. The largest absolute Gasteiger partial charge is 0.328 e. The molecular weight excluding hydrogens is 184 g/mol. The second-order valence-corrected chi connectivity index (χ2v) is 4.57. The van der Waals surface area contributed by atoms with E-state index in [1.807, 2.05) is 0 Å². The van der Waals surface area contributed by atoms with Gasteiger partial charge in [-0.3, -0.25) is 0 Å². The molecule has 1 unspecified atom stereocenters. The molecule has 0 bridgehead atoms. The minimum atomic E-state index is 0.672. The molecule has 15 heavy (non-hydrogen) atoms. The lowest BCUT2D eigenvalue weighted by atomic mass is 9.96. The predicted octanol–water partition coefficient (Wildman–Crippen LogP) is 3.24. The van der Waals surface area contributed by atoms with Crippen LogP contribution in [0, 0.1) is 6.92 Å². The van der Waals surface area contributed by atoms with Crippen molar-refractivity contribution in [3.63, 3.8) is 0 Å².